The quantitative estimate of drug-likeness (QED) is 0.819. The van der Waals surface area contributed by atoms with Crippen molar-refractivity contribution in [1.82, 2.24) is 19.8 Å². The number of rotatable bonds is 5. The van der Waals surface area contributed by atoms with Crippen molar-refractivity contribution in [2.24, 2.45) is 5.41 Å². The molecule has 142 valence electrons. The molecule has 3 heterocycles. The zero-order valence-electron chi connectivity index (χ0n) is 15.9. The van der Waals surface area contributed by atoms with Gasteiger partial charge in [-0.1, -0.05) is 30.3 Å². The van der Waals surface area contributed by atoms with E-state index >= 15 is 0 Å². The summed E-state index contributed by atoms with van der Waals surface area (Å²) in [5.74, 6) is 1.23. The van der Waals surface area contributed by atoms with E-state index in [2.05, 4.69) is 44.0 Å². The molecule has 2 aromatic rings. The summed E-state index contributed by atoms with van der Waals surface area (Å²) in [6, 6.07) is 12.3. The summed E-state index contributed by atoms with van der Waals surface area (Å²) in [5.41, 5.74) is 1.61. The molecule has 2 aliphatic rings. The Kier molecular flexibility index (Phi) is 5.48. The maximum Gasteiger partial charge on any atom is 0.222 e. The minimum absolute atomic E-state index is 0.304. The van der Waals surface area contributed by atoms with Crippen molar-refractivity contribution in [3.63, 3.8) is 0 Å². The molecule has 1 spiro atoms. The fraction of sp³-hybridized carbons (Fsp3) is 0.500. The van der Waals surface area contributed by atoms with Crippen molar-refractivity contribution >= 4 is 5.91 Å². The molecule has 2 saturated heterocycles. The van der Waals surface area contributed by atoms with E-state index in [0.29, 0.717) is 17.7 Å². The maximum absolute atomic E-state index is 12.4. The highest BCUT2D eigenvalue weighted by Crippen LogP contribution is 2.40. The van der Waals surface area contributed by atoms with Crippen LogP contribution in [0.15, 0.2) is 48.8 Å². The molecule has 5 nitrogen and oxygen atoms in total. The summed E-state index contributed by atoms with van der Waals surface area (Å²) in [7, 11) is 0. The Balaban J connectivity index is 1.32. The van der Waals surface area contributed by atoms with Gasteiger partial charge in [0.2, 0.25) is 5.91 Å². The molecule has 2 fully saturated rings. The molecule has 27 heavy (non-hydrogen) atoms. The van der Waals surface area contributed by atoms with Crippen LogP contribution in [0.2, 0.25) is 0 Å². The van der Waals surface area contributed by atoms with E-state index in [1.807, 2.05) is 24.5 Å². The van der Waals surface area contributed by atoms with Gasteiger partial charge in [0.25, 0.3) is 0 Å². The van der Waals surface area contributed by atoms with Gasteiger partial charge in [-0.3, -0.25) is 9.69 Å². The number of likely N-dealkylation sites (tertiary alicyclic amines) is 2. The molecular formula is C22H28N4O. The number of hydrogen-bond donors (Lipinski definition) is 0. The molecule has 0 unspecified atom stereocenters. The van der Waals surface area contributed by atoms with Crippen LogP contribution < -0.4 is 0 Å². The number of carbonyl (C=O) groups is 1. The van der Waals surface area contributed by atoms with Crippen LogP contribution in [0, 0.1) is 5.41 Å². The second-order valence-corrected chi connectivity index (χ2v) is 7.99. The number of amides is 1. The van der Waals surface area contributed by atoms with Crippen molar-refractivity contribution < 1.29 is 4.79 Å². The van der Waals surface area contributed by atoms with Crippen molar-refractivity contribution in [3.8, 4) is 0 Å². The van der Waals surface area contributed by atoms with Gasteiger partial charge in [-0.05, 0) is 55.8 Å². The molecule has 0 saturated carbocycles. The second kappa shape index (κ2) is 8.17. The molecular weight excluding hydrogens is 336 g/mol. The summed E-state index contributed by atoms with van der Waals surface area (Å²) in [4.78, 5) is 25.7. The van der Waals surface area contributed by atoms with Crippen LogP contribution >= 0.6 is 0 Å². The Labute approximate surface area is 161 Å². The Hall–Kier alpha value is -2.27. The number of nitrogens with zero attached hydrogens (tertiary/aromatic N) is 4. The molecule has 5 heteroatoms. The lowest BCUT2D eigenvalue weighted by atomic mass is 9.72. The molecule has 4 rings (SSSR count). The lowest BCUT2D eigenvalue weighted by Gasteiger charge is -2.47. The molecule has 1 amide bonds. The van der Waals surface area contributed by atoms with Crippen LogP contribution in [0.5, 0.6) is 0 Å². The first kappa shape index (κ1) is 18.1. The van der Waals surface area contributed by atoms with Gasteiger partial charge >= 0.3 is 0 Å². The topological polar surface area (TPSA) is 49.3 Å². The molecule has 2 aliphatic heterocycles. The van der Waals surface area contributed by atoms with Crippen LogP contribution in [0.1, 0.15) is 37.1 Å². The lowest BCUT2D eigenvalue weighted by molar-refractivity contribution is -0.139. The van der Waals surface area contributed by atoms with Crippen molar-refractivity contribution in [3.05, 3.63) is 60.2 Å². The van der Waals surface area contributed by atoms with E-state index in [1.165, 1.54) is 5.56 Å². The number of carbonyl (C=O) groups excluding carboxylic acids is 1. The highest BCUT2D eigenvalue weighted by Gasteiger charge is 2.40. The molecule has 1 aromatic heterocycles. The standard InChI is InChI=1S/C22H28N4O/c27-21-7-9-22(18-26(21)14-8-19-5-2-1-3-6-19)10-15-25(16-11-22)17-20-23-12-4-13-24-20/h1-6,12-13H,7-11,14-18H2. The van der Waals surface area contributed by atoms with Gasteiger partial charge in [0.15, 0.2) is 0 Å². The second-order valence-electron chi connectivity index (χ2n) is 7.99. The smallest absolute Gasteiger partial charge is 0.222 e. The normalized spacial score (nSPS) is 20.1. The maximum atomic E-state index is 12.4. The lowest BCUT2D eigenvalue weighted by Crippen LogP contribution is -2.51. The summed E-state index contributed by atoms with van der Waals surface area (Å²) < 4.78 is 0. The third-order valence-electron chi connectivity index (χ3n) is 6.16. The van der Waals surface area contributed by atoms with Crippen molar-refractivity contribution in [1.29, 1.82) is 0 Å². The third kappa shape index (κ3) is 4.53. The fourth-order valence-corrected chi connectivity index (χ4v) is 4.42. The van der Waals surface area contributed by atoms with Gasteiger partial charge in [0.1, 0.15) is 5.82 Å². The summed E-state index contributed by atoms with van der Waals surface area (Å²) in [6.45, 7) is 4.73. The van der Waals surface area contributed by atoms with E-state index in [1.54, 1.807) is 0 Å². The van der Waals surface area contributed by atoms with Crippen molar-refractivity contribution in [2.75, 3.05) is 26.2 Å². The average Bonchev–Trinajstić information content (AvgIpc) is 2.72. The molecule has 0 bridgehead atoms. The molecule has 0 radical (unpaired) electrons. The van der Waals surface area contributed by atoms with E-state index in [4.69, 9.17) is 0 Å². The average molecular weight is 364 g/mol. The largest absolute Gasteiger partial charge is 0.342 e. The van der Waals surface area contributed by atoms with Gasteiger partial charge < -0.3 is 4.90 Å². The van der Waals surface area contributed by atoms with Crippen LogP contribution in [0.25, 0.3) is 0 Å². The Morgan fingerprint density at radius 1 is 0.963 bits per heavy atom. The van der Waals surface area contributed by atoms with E-state index in [0.717, 1.165) is 64.2 Å². The van der Waals surface area contributed by atoms with Crippen LogP contribution in [0.4, 0.5) is 0 Å². The van der Waals surface area contributed by atoms with E-state index in [-0.39, 0.29) is 0 Å². The SMILES string of the molecule is O=C1CCC2(CCN(Cc3ncccn3)CC2)CN1CCc1ccccc1. The first-order chi connectivity index (χ1) is 13.2. The first-order valence-corrected chi connectivity index (χ1v) is 10.0. The van der Waals surface area contributed by atoms with E-state index in [9.17, 15) is 4.79 Å². The summed E-state index contributed by atoms with van der Waals surface area (Å²) in [6.07, 6.45) is 8.64. The number of piperidine rings is 2. The predicted octanol–water partition coefficient (Wildman–Crippen LogP) is 2.92. The van der Waals surface area contributed by atoms with E-state index < -0.39 is 0 Å². The molecule has 0 N–H and O–H groups in total. The molecule has 0 aliphatic carbocycles. The Bertz CT molecular complexity index is 741. The monoisotopic (exact) mass is 364 g/mol. The van der Waals surface area contributed by atoms with Crippen molar-refractivity contribution in [2.45, 2.75) is 38.6 Å². The highest BCUT2D eigenvalue weighted by atomic mass is 16.2. The minimum Gasteiger partial charge on any atom is -0.342 e. The van der Waals surface area contributed by atoms with Gasteiger partial charge in [-0.2, -0.15) is 0 Å². The Morgan fingerprint density at radius 3 is 2.44 bits per heavy atom. The van der Waals surface area contributed by atoms with Gasteiger partial charge in [0.05, 0.1) is 6.54 Å². The number of aromatic nitrogens is 2. The fourth-order valence-electron chi connectivity index (χ4n) is 4.42. The van der Waals surface area contributed by atoms with Gasteiger partial charge in [-0.15, -0.1) is 0 Å². The number of hydrogen-bond acceptors (Lipinski definition) is 4. The minimum atomic E-state index is 0.304. The number of benzene rings is 1. The Morgan fingerprint density at radius 2 is 1.70 bits per heavy atom. The predicted molar refractivity (Wildman–Crippen MR) is 105 cm³/mol. The van der Waals surface area contributed by atoms with Crippen LogP contribution in [0.3, 0.4) is 0 Å². The van der Waals surface area contributed by atoms with Crippen LogP contribution in [-0.4, -0.2) is 51.9 Å². The van der Waals surface area contributed by atoms with Crippen LogP contribution in [-0.2, 0) is 17.8 Å². The highest BCUT2D eigenvalue weighted by molar-refractivity contribution is 5.77. The zero-order valence-corrected chi connectivity index (χ0v) is 15.9. The third-order valence-corrected chi connectivity index (χ3v) is 6.16. The van der Waals surface area contributed by atoms with Gasteiger partial charge in [-0.25, -0.2) is 9.97 Å². The zero-order chi connectivity index (χ0) is 18.5. The molecule has 1 aromatic carbocycles. The van der Waals surface area contributed by atoms with Gasteiger partial charge in [0, 0.05) is 31.9 Å². The first-order valence-electron chi connectivity index (χ1n) is 10.0. The summed E-state index contributed by atoms with van der Waals surface area (Å²) in [5, 5.41) is 0. The molecule has 0 atom stereocenters. The summed E-state index contributed by atoms with van der Waals surface area (Å²) >= 11 is 0.